The van der Waals surface area contributed by atoms with E-state index in [9.17, 15) is 19.8 Å². The average Bonchev–Trinajstić information content (AvgIpc) is 2.35. The first kappa shape index (κ1) is 14.2. The Hall–Kier alpha value is -1.88. The number of hydrogen-bond acceptors (Lipinski definition) is 5. The quantitative estimate of drug-likeness (QED) is 0.630. The fourth-order valence-electron chi connectivity index (χ4n) is 1.67. The molecule has 98 valence electrons. The maximum Gasteiger partial charge on any atom is 0.0584 e. The molecule has 1 aromatic rings. The van der Waals surface area contributed by atoms with E-state index in [1.807, 2.05) is 6.07 Å². The van der Waals surface area contributed by atoms with Crippen LogP contribution in [0.15, 0.2) is 30.3 Å². The highest BCUT2D eigenvalue weighted by atomic mass is 16.4. The Morgan fingerprint density at radius 2 is 1.50 bits per heavy atom. The number of carbonyl (C=O) groups is 2. The zero-order valence-corrected chi connectivity index (χ0v) is 10.3. The molecule has 0 bridgehead atoms. The van der Waals surface area contributed by atoms with E-state index in [-0.39, 0.29) is 6.54 Å². The van der Waals surface area contributed by atoms with E-state index in [1.165, 1.54) is 18.7 Å². The second-order valence-electron chi connectivity index (χ2n) is 4.15. The highest BCUT2D eigenvalue weighted by Gasteiger charge is 2.21. The standard InChI is InChI=1S/C13H17NO4/c1-9(12(15)16)14(10(2)13(17)18)8-11-6-4-3-5-7-11/h3-7,9-10H,8H2,1-2H3,(H,15,16)(H,17,18)/p-2. The topological polar surface area (TPSA) is 83.5 Å². The largest absolute Gasteiger partial charge is 0.548 e. The first-order valence-electron chi connectivity index (χ1n) is 5.65. The van der Waals surface area contributed by atoms with E-state index < -0.39 is 24.0 Å². The predicted molar refractivity (Wildman–Crippen MR) is 60.9 cm³/mol. The summed E-state index contributed by atoms with van der Waals surface area (Å²) in [6, 6.07) is 7.05. The number of benzene rings is 1. The molecule has 0 radical (unpaired) electrons. The van der Waals surface area contributed by atoms with Gasteiger partial charge in [0.1, 0.15) is 0 Å². The van der Waals surface area contributed by atoms with Crippen LogP contribution in [0.1, 0.15) is 19.4 Å². The number of nitrogens with zero attached hydrogens (tertiary/aromatic N) is 1. The maximum absolute atomic E-state index is 10.9. The minimum Gasteiger partial charge on any atom is -0.548 e. The van der Waals surface area contributed by atoms with Crippen molar-refractivity contribution in [1.29, 1.82) is 0 Å². The van der Waals surface area contributed by atoms with Gasteiger partial charge in [0, 0.05) is 18.6 Å². The zero-order valence-electron chi connectivity index (χ0n) is 10.3. The SMILES string of the molecule is CC(C(=O)[O-])N(Cc1ccccc1)C(C)C(=O)[O-]. The molecule has 2 unspecified atom stereocenters. The van der Waals surface area contributed by atoms with Crippen molar-refractivity contribution >= 4 is 11.9 Å². The third-order valence-corrected chi connectivity index (χ3v) is 2.89. The van der Waals surface area contributed by atoms with Crippen LogP contribution in [-0.2, 0) is 16.1 Å². The van der Waals surface area contributed by atoms with Gasteiger partial charge in [-0.3, -0.25) is 4.90 Å². The van der Waals surface area contributed by atoms with E-state index in [2.05, 4.69) is 0 Å². The van der Waals surface area contributed by atoms with Crippen molar-refractivity contribution in [1.82, 2.24) is 4.90 Å². The van der Waals surface area contributed by atoms with Crippen molar-refractivity contribution in [3.8, 4) is 0 Å². The summed E-state index contributed by atoms with van der Waals surface area (Å²) in [6.07, 6.45) is 0. The van der Waals surface area contributed by atoms with Crippen molar-refractivity contribution in [2.45, 2.75) is 32.5 Å². The Bertz CT molecular complexity index is 398. The molecular formula is C13H15NO4-2. The van der Waals surface area contributed by atoms with Crippen LogP contribution in [0, 0.1) is 0 Å². The molecule has 0 aliphatic carbocycles. The highest BCUT2D eigenvalue weighted by molar-refractivity contribution is 5.74. The molecule has 0 aromatic heterocycles. The van der Waals surface area contributed by atoms with Crippen LogP contribution in [0.5, 0.6) is 0 Å². The highest BCUT2D eigenvalue weighted by Crippen LogP contribution is 2.12. The Morgan fingerprint density at radius 1 is 1.06 bits per heavy atom. The molecule has 0 saturated heterocycles. The number of hydrogen-bond donors (Lipinski definition) is 0. The zero-order chi connectivity index (χ0) is 13.7. The average molecular weight is 249 g/mol. The van der Waals surface area contributed by atoms with Crippen LogP contribution in [0.25, 0.3) is 0 Å². The fraction of sp³-hybridized carbons (Fsp3) is 0.385. The summed E-state index contributed by atoms with van der Waals surface area (Å²) in [7, 11) is 0. The van der Waals surface area contributed by atoms with Crippen LogP contribution in [0.4, 0.5) is 0 Å². The van der Waals surface area contributed by atoms with Crippen LogP contribution in [-0.4, -0.2) is 28.9 Å². The van der Waals surface area contributed by atoms with Crippen LogP contribution >= 0.6 is 0 Å². The predicted octanol–water partition coefficient (Wildman–Crippen LogP) is -1.23. The molecule has 0 N–H and O–H groups in total. The molecule has 0 aliphatic rings. The lowest BCUT2D eigenvalue weighted by Gasteiger charge is -2.35. The molecule has 18 heavy (non-hydrogen) atoms. The van der Waals surface area contributed by atoms with Gasteiger partial charge >= 0.3 is 0 Å². The lowest BCUT2D eigenvalue weighted by Crippen LogP contribution is -2.54. The van der Waals surface area contributed by atoms with E-state index >= 15 is 0 Å². The number of aliphatic carboxylic acids is 2. The maximum atomic E-state index is 10.9. The monoisotopic (exact) mass is 249 g/mol. The van der Waals surface area contributed by atoms with Gasteiger partial charge in [0.2, 0.25) is 0 Å². The normalized spacial score (nSPS) is 14.2. The summed E-state index contributed by atoms with van der Waals surface area (Å²) < 4.78 is 0. The molecule has 1 aromatic carbocycles. The lowest BCUT2D eigenvalue weighted by molar-refractivity contribution is -0.318. The van der Waals surface area contributed by atoms with Crippen molar-refractivity contribution < 1.29 is 19.8 Å². The van der Waals surface area contributed by atoms with Crippen LogP contribution in [0.2, 0.25) is 0 Å². The summed E-state index contributed by atoms with van der Waals surface area (Å²) in [6.45, 7) is 3.01. The third-order valence-electron chi connectivity index (χ3n) is 2.89. The minimum atomic E-state index is -1.31. The lowest BCUT2D eigenvalue weighted by atomic mass is 10.1. The van der Waals surface area contributed by atoms with Crippen molar-refractivity contribution in [2.75, 3.05) is 0 Å². The molecule has 5 heteroatoms. The molecule has 0 fully saturated rings. The van der Waals surface area contributed by atoms with E-state index in [4.69, 9.17) is 0 Å². The molecule has 2 atom stereocenters. The molecule has 5 nitrogen and oxygen atoms in total. The Kier molecular flexibility index (Phi) is 4.85. The van der Waals surface area contributed by atoms with Crippen molar-refractivity contribution in [3.05, 3.63) is 35.9 Å². The summed E-state index contributed by atoms with van der Waals surface area (Å²) in [4.78, 5) is 23.1. The molecule has 0 saturated carbocycles. The summed E-state index contributed by atoms with van der Waals surface area (Å²) in [5.41, 5.74) is 0.832. The van der Waals surface area contributed by atoms with Crippen LogP contribution < -0.4 is 10.2 Å². The first-order chi connectivity index (χ1) is 8.43. The van der Waals surface area contributed by atoms with Gasteiger partial charge in [-0.05, 0) is 19.4 Å². The van der Waals surface area contributed by atoms with E-state index in [1.54, 1.807) is 24.3 Å². The van der Waals surface area contributed by atoms with Gasteiger partial charge in [0.05, 0.1) is 11.9 Å². The number of carboxylic acids is 2. The second kappa shape index (κ2) is 6.16. The van der Waals surface area contributed by atoms with Gasteiger partial charge < -0.3 is 19.8 Å². The molecular weight excluding hydrogens is 234 g/mol. The van der Waals surface area contributed by atoms with Gasteiger partial charge in [-0.25, -0.2) is 0 Å². The van der Waals surface area contributed by atoms with Gasteiger partial charge in [0.15, 0.2) is 0 Å². The van der Waals surface area contributed by atoms with E-state index in [0.29, 0.717) is 0 Å². The van der Waals surface area contributed by atoms with Gasteiger partial charge in [-0.2, -0.15) is 0 Å². The van der Waals surface area contributed by atoms with Gasteiger partial charge in [-0.15, -0.1) is 0 Å². The first-order valence-corrected chi connectivity index (χ1v) is 5.65. The number of rotatable bonds is 6. The summed E-state index contributed by atoms with van der Waals surface area (Å²) >= 11 is 0. The molecule has 0 aliphatic heterocycles. The fourth-order valence-corrected chi connectivity index (χ4v) is 1.67. The number of carboxylic acid groups (broad SMARTS) is 2. The summed E-state index contributed by atoms with van der Waals surface area (Å²) in [5.74, 6) is -2.61. The van der Waals surface area contributed by atoms with Gasteiger partial charge in [-0.1, -0.05) is 30.3 Å². The molecule has 1 rings (SSSR count). The smallest absolute Gasteiger partial charge is 0.0584 e. The molecule has 0 amide bonds. The van der Waals surface area contributed by atoms with Crippen LogP contribution in [0.3, 0.4) is 0 Å². The van der Waals surface area contributed by atoms with E-state index in [0.717, 1.165) is 5.56 Å². The number of carbonyl (C=O) groups excluding carboxylic acids is 2. The summed E-state index contributed by atoms with van der Waals surface area (Å²) in [5, 5.41) is 21.8. The molecule has 0 spiro atoms. The van der Waals surface area contributed by atoms with Crippen molar-refractivity contribution in [2.24, 2.45) is 0 Å². The van der Waals surface area contributed by atoms with Crippen molar-refractivity contribution in [3.63, 3.8) is 0 Å². The Labute approximate surface area is 106 Å². The third kappa shape index (κ3) is 3.56. The Morgan fingerprint density at radius 3 is 1.89 bits per heavy atom. The molecule has 0 heterocycles. The van der Waals surface area contributed by atoms with Gasteiger partial charge in [0.25, 0.3) is 0 Å². The Balaban J connectivity index is 2.91. The second-order valence-corrected chi connectivity index (χ2v) is 4.15. The minimum absolute atomic E-state index is 0.213.